The number of carbonyl (C=O) groups is 16. The number of amides is 14. The SMILES string of the molecule is [2H]C([2H])([2H])[C@]1([2H])NC(=O)[C@@H]2CCCN2C(=O)[C@H](CC(N)=O)NC(=O)[C@@H]2CSSC[C@H](N)C(=O)N[C@H]3CSSC[C@H](NC1=O)C(=O)NC([C@@H](C)O)C(=O)NCC(=O)N[C@H](C(=O)N[C@@H](Cc1ccc(O)cc1)C(=O)O)CSSC[C@H](NC(=O)[C@H](Cc1ccc(O)cc1)NC(=O)[C@@H](CCC(=O)O)NC3=O)C(=O)N2. The standard InChI is InChI=1S/C59H79N15O21S6/c1-26-47(82)69-41-25-101-99-22-38-52(87)65-33(13-14-45(80)81)49(84)66-34(16-28-5-9-30(76)10-6-28)50(85)71-40(54(89)72-39(23-97-96-20-32(60)48(83)70-38)53(88)67-35(18-43(61)78)58(93)74-15-3-4-42(74)56(91)63-26)24-100-98-21-37(64-44(79)19-62-57(92)46(27(2)75)73-55(41)90)51(86)68-36(59(94)95)17-29-7-11-31(77)12-8-29/h5-12,26-27,32-42,46,75-77H,3-4,13-25,60H2,1-2H3,(H2,61,78)(H,62,92)(H,63,91)(H,64,79)(H,65,87)(H,66,84)(H,67,88)(H,68,86)(H,69,82)(H,70,83)(H,71,85)(H,72,89)(H,73,90)(H,80,81)(H,94,95)/t26-,27+,32-,33+,34-,35-,36-,37-,38-,39-,40-,41-,42-,46?/m0/s1/i1D3,26D. The Bertz CT molecular complexity index is 3590. The predicted molar refractivity (Wildman–Crippen MR) is 371 cm³/mol. The molecule has 4 heterocycles. The lowest BCUT2D eigenvalue weighted by molar-refractivity contribution is -0.143. The third-order valence-electron chi connectivity index (χ3n) is 15.3. The molecule has 2 aromatic carbocycles. The summed E-state index contributed by atoms with van der Waals surface area (Å²) >= 11 is 0. The molecule has 0 spiro atoms. The number of aliphatic hydroxyl groups excluding tert-OH is 1. The topological polar surface area (TPSA) is 574 Å². The number of fused-ring (bicyclic) bond motifs is 20. The van der Waals surface area contributed by atoms with E-state index in [1.165, 1.54) is 48.5 Å². The lowest BCUT2D eigenvalue weighted by atomic mass is 10.0. The van der Waals surface area contributed by atoms with Gasteiger partial charge in [-0.05, 0) is 68.4 Å². The number of nitrogens with two attached hydrogens (primary N) is 2. The van der Waals surface area contributed by atoms with Gasteiger partial charge in [0.05, 0.1) is 26.5 Å². The van der Waals surface area contributed by atoms with E-state index in [4.69, 9.17) is 15.6 Å². The molecule has 14 amide bonds. The Morgan fingerprint density at radius 2 is 1.10 bits per heavy atom. The molecule has 4 aliphatic heterocycles. The number of primary amides is 1. The molecule has 6 rings (SSSR count). The molecular formula is C59H79N15O21S6. The fourth-order valence-electron chi connectivity index (χ4n) is 9.87. The third kappa shape index (κ3) is 25.9. The highest BCUT2D eigenvalue weighted by molar-refractivity contribution is 8.77. The monoisotopic (exact) mass is 1530 g/mol. The number of carbonyl (C=O) groups excluding carboxylic acids is 14. The van der Waals surface area contributed by atoms with Crippen LogP contribution in [0.25, 0.3) is 0 Å². The van der Waals surface area contributed by atoms with Crippen LogP contribution in [0.4, 0.5) is 0 Å². The summed E-state index contributed by atoms with van der Waals surface area (Å²) in [6.07, 6.45) is -5.69. The summed E-state index contributed by atoms with van der Waals surface area (Å²) in [5, 5.41) is 78.8. The summed E-state index contributed by atoms with van der Waals surface area (Å²) < 4.78 is 34.4. The second-order valence-electron chi connectivity index (χ2n) is 23.1. The van der Waals surface area contributed by atoms with Gasteiger partial charge in [0.25, 0.3) is 0 Å². The largest absolute Gasteiger partial charge is 0.508 e. The van der Waals surface area contributed by atoms with E-state index in [1.807, 2.05) is 5.32 Å². The van der Waals surface area contributed by atoms with Crippen molar-refractivity contribution < 1.29 is 108 Å². The summed E-state index contributed by atoms with van der Waals surface area (Å²) in [6.45, 7) is -4.32. The Morgan fingerprint density at radius 1 is 0.604 bits per heavy atom. The number of benzene rings is 2. The zero-order valence-corrected chi connectivity index (χ0v) is 58.4. The minimum absolute atomic E-state index is 0.0314. The summed E-state index contributed by atoms with van der Waals surface area (Å²) in [7, 11) is 4.19. The van der Waals surface area contributed by atoms with Crippen LogP contribution in [-0.2, 0) is 89.6 Å². The van der Waals surface area contributed by atoms with Gasteiger partial charge in [-0.15, -0.1) is 0 Å². The first-order valence-electron chi connectivity index (χ1n) is 32.8. The predicted octanol–water partition coefficient (Wildman–Crippen LogP) is -5.94. The van der Waals surface area contributed by atoms with Crippen LogP contribution in [0.1, 0.15) is 62.5 Å². The zero-order valence-electron chi connectivity index (χ0n) is 57.6. The average molecular weight is 1530 g/mol. The first-order valence-corrected chi connectivity index (χ1v) is 38.3. The van der Waals surface area contributed by atoms with Crippen molar-refractivity contribution >= 4 is 159 Å². The van der Waals surface area contributed by atoms with Crippen molar-refractivity contribution in [2.45, 2.75) is 143 Å². The number of carboxylic acid groups (broad SMARTS) is 2. The maximum atomic E-state index is 15.2. The second kappa shape index (κ2) is 39.7. The molecule has 21 N–H and O–H groups in total. The van der Waals surface area contributed by atoms with Crippen molar-refractivity contribution in [3.63, 3.8) is 0 Å². The van der Waals surface area contributed by atoms with Gasteiger partial charge in [0.2, 0.25) is 82.7 Å². The van der Waals surface area contributed by atoms with Crippen molar-refractivity contribution in [2.75, 3.05) is 47.6 Å². The summed E-state index contributed by atoms with van der Waals surface area (Å²) in [5.74, 6) is -25.2. The van der Waals surface area contributed by atoms with Gasteiger partial charge in [-0.25, -0.2) is 4.79 Å². The second-order valence-corrected chi connectivity index (χ2v) is 30.7. The number of carboxylic acids is 2. The van der Waals surface area contributed by atoms with Gasteiger partial charge in [-0.1, -0.05) is 89.0 Å². The highest BCUT2D eigenvalue weighted by Crippen LogP contribution is 2.28. The molecule has 0 aromatic heterocycles. The Labute approximate surface area is 606 Å². The van der Waals surface area contributed by atoms with E-state index < -0.39 is 247 Å². The Balaban J connectivity index is 1.60. The number of phenolic OH excluding ortho intramolecular Hbond substituents is 2. The van der Waals surface area contributed by atoms with Gasteiger partial charge in [0.1, 0.15) is 84.0 Å². The summed E-state index contributed by atoms with van der Waals surface area (Å²) in [5.41, 5.74) is 12.5. The van der Waals surface area contributed by atoms with Crippen molar-refractivity contribution in [3.05, 3.63) is 59.7 Å². The van der Waals surface area contributed by atoms with Crippen LogP contribution in [-0.4, -0.2) is 257 Å². The highest BCUT2D eigenvalue weighted by Gasteiger charge is 2.42. The number of aliphatic carboxylic acids is 2. The average Bonchev–Trinajstić information content (AvgIpc) is 1.76. The van der Waals surface area contributed by atoms with Crippen LogP contribution in [0.2, 0.25) is 0 Å². The number of aromatic hydroxyl groups is 2. The van der Waals surface area contributed by atoms with Gasteiger partial charge < -0.3 is 106 Å². The molecule has 4 fully saturated rings. The molecule has 4 aliphatic rings. The van der Waals surface area contributed by atoms with E-state index in [0.29, 0.717) is 48.7 Å². The third-order valence-corrected chi connectivity index (χ3v) is 22.6. The van der Waals surface area contributed by atoms with Crippen LogP contribution >= 0.6 is 64.8 Å². The van der Waals surface area contributed by atoms with Gasteiger partial charge in [0, 0.05) is 64.4 Å². The molecule has 0 radical (unpaired) electrons. The fourth-order valence-corrected chi connectivity index (χ4v) is 16.8. The number of phenols is 2. The lowest BCUT2D eigenvalue weighted by Gasteiger charge is -2.30. The van der Waals surface area contributed by atoms with Gasteiger partial charge >= 0.3 is 11.9 Å². The van der Waals surface area contributed by atoms with Crippen LogP contribution in [0.5, 0.6) is 11.5 Å². The van der Waals surface area contributed by atoms with Gasteiger partial charge in [-0.3, -0.25) is 71.9 Å². The number of aliphatic hydroxyl groups is 1. The quantitative estimate of drug-likeness (QED) is 0.0656. The van der Waals surface area contributed by atoms with Gasteiger partial charge in [-0.2, -0.15) is 0 Å². The molecule has 0 aliphatic carbocycles. The van der Waals surface area contributed by atoms with Crippen LogP contribution in [0.15, 0.2) is 48.5 Å². The fraction of sp³-hybridized carbons (Fsp3) is 0.525. The van der Waals surface area contributed by atoms with Crippen molar-refractivity contribution in [2.24, 2.45) is 11.5 Å². The first-order chi connectivity index (χ1) is 49.4. The molecule has 14 atom stereocenters. The van der Waals surface area contributed by atoms with Crippen molar-refractivity contribution in [1.29, 1.82) is 0 Å². The first kappa shape index (κ1) is 75.2. The molecule has 4 bridgehead atoms. The smallest absolute Gasteiger partial charge is 0.326 e. The normalized spacial score (nSPS) is 28.8. The maximum Gasteiger partial charge on any atom is 0.326 e. The Morgan fingerprint density at radius 3 is 1.65 bits per heavy atom. The van der Waals surface area contributed by atoms with E-state index >= 15 is 9.59 Å². The zero-order chi connectivity index (χ0) is 77.6. The van der Waals surface area contributed by atoms with E-state index in [9.17, 15) is 94.0 Å². The van der Waals surface area contributed by atoms with E-state index in [0.717, 1.165) is 33.4 Å². The molecular weight excluding hydrogens is 1450 g/mol. The number of nitrogens with one attached hydrogen (secondary N) is 12. The van der Waals surface area contributed by atoms with E-state index in [2.05, 4.69) is 58.5 Å². The van der Waals surface area contributed by atoms with Crippen molar-refractivity contribution in [3.8, 4) is 11.5 Å². The molecule has 101 heavy (non-hydrogen) atoms. The molecule has 0 saturated carbocycles. The Kier molecular flexibility index (Phi) is 29.6. The van der Waals surface area contributed by atoms with Crippen molar-refractivity contribution in [1.82, 2.24) is 68.7 Å². The number of hydrogen-bond donors (Lipinski definition) is 19. The van der Waals surface area contributed by atoms with E-state index in [-0.39, 0.29) is 48.6 Å². The Hall–Kier alpha value is -8.42. The molecule has 42 heteroatoms. The lowest BCUT2D eigenvalue weighted by Crippen LogP contribution is -2.61. The molecule has 4 saturated heterocycles. The molecule has 1 unspecified atom stereocenters. The van der Waals surface area contributed by atoms with Crippen LogP contribution < -0.4 is 75.3 Å². The van der Waals surface area contributed by atoms with E-state index in [1.54, 1.807) is 0 Å². The number of nitrogens with zero attached hydrogens (tertiary/aromatic N) is 1. The minimum atomic E-state index is -3.89. The molecule has 36 nitrogen and oxygen atoms in total. The maximum absolute atomic E-state index is 15.2. The minimum Gasteiger partial charge on any atom is -0.508 e. The molecule has 552 valence electrons. The number of rotatable bonds is 13. The highest BCUT2D eigenvalue weighted by atomic mass is 33.1. The molecule has 2 aromatic rings. The number of hydrogen-bond acceptors (Lipinski definition) is 26. The van der Waals surface area contributed by atoms with Crippen LogP contribution in [0.3, 0.4) is 0 Å². The summed E-state index contributed by atoms with van der Waals surface area (Å²) in [6, 6.07) is -15.9. The van der Waals surface area contributed by atoms with Gasteiger partial charge in [0.15, 0.2) is 0 Å². The van der Waals surface area contributed by atoms with Crippen LogP contribution in [0, 0.1) is 0 Å². The summed E-state index contributed by atoms with van der Waals surface area (Å²) in [4.78, 5) is 228.